The first-order chi connectivity index (χ1) is 7.67. The van der Waals surface area contributed by atoms with Gasteiger partial charge in [0.15, 0.2) is 5.96 Å². The Kier molecular flexibility index (Phi) is 8.94. The van der Waals surface area contributed by atoms with E-state index in [1.165, 1.54) is 25.9 Å². The average molecular weight is 354 g/mol. The molecule has 0 radical (unpaired) electrons. The third-order valence-electron chi connectivity index (χ3n) is 3.47. The molecule has 0 amide bonds. The smallest absolute Gasteiger partial charge is 0.190 e. The van der Waals surface area contributed by atoms with E-state index in [2.05, 4.69) is 34.4 Å². The van der Waals surface area contributed by atoms with Crippen molar-refractivity contribution in [2.24, 2.45) is 10.9 Å². The van der Waals surface area contributed by atoms with Gasteiger partial charge in [-0.15, -0.1) is 24.0 Å². The summed E-state index contributed by atoms with van der Waals surface area (Å²) in [5, 5.41) is 6.36. The van der Waals surface area contributed by atoms with Crippen molar-refractivity contribution in [2.75, 3.05) is 33.7 Å². The van der Waals surface area contributed by atoms with Crippen molar-refractivity contribution >= 4 is 29.9 Å². The van der Waals surface area contributed by atoms with Gasteiger partial charge in [-0.05, 0) is 38.8 Å². The minimum atomic E-state index is 0. The van der Waals surface area contributed by atoms with Crippen LogP contribution in [0.1, 0.15) is 26.7 Å². The van der Waals surface area contributed by atoms with Crippen molar-refractivity contribution in [3.8, 4) is 0 Å². The number of halogens is 1. The minimum absolute atomic E-state index is 0. The van der Waals surface area contributed by atoms with Gasteiger partial charge >= 0.3 is 0 Å². The summed E-state index contributed by atoms with van der Waals surface area (Å²) >= 11 is 0. The number of nitrogens with zero attached hydrogens (tertiary/aromatic N) is 2. The molecule has 1 saturated heterocycles. The van der Waals surface area contributed by atoms with Gasteiger partial charge in [-0.1, -0.05) is 6.92 Å². The Bertz CT molecular complexity index is 225. The second-order valence-corrected chi connectivity index (χ2v) is 4.77. The number of rotatable bonds is 3. The fourth-order valence-corrected chi connectivity index (χ4v) is 2.12. The predicted octanol–water partition coefficient (Wildman–Crippen LogP) is 1.52. The second-order valence-electron chi connectivity index (χ2n) is 4.77. The Balaban J connectivity index is 0.00000256. The molecule has 1 heterocycles. The van der Waals surface area contributed by atoms with Gasteiger partial charge in [0.2, 0.25) is 0 Å². The average Bonchev–Trinajstić information content (AvgIpc) is 2.31. The van der Waals surface area contributed by atoms with E-state index in [0.29, 0.717) is 6.04 Å². The van der Waals surface area contributed by atoms with Crippen molar-refractivity contribution in [3.05, 3.63) is 0 Å². The highest BCUT2D eigenvalue weighted by atomic mass is 127. The number of aliphatic imine (C=N–C) groups is 1. The number of guanidine groups is 1. The molecule has 1 atom stereocenters. The Labute approximate surface area is 123 Å². The molecule has 17 heavy (non-hydrogen) atoms. The molecule has 1 fully saturated rings. The molecule has 0 aliphatic carbocycles. The van der Waals surface area contributed by atoms with Gasteiger partial charge in [0.05, 0.1) is 0 Å². The minimum Gasteiger partial charge on any atom is -0.359 e. The summed E-state index contributed by atoms with van der Waals surface area (Å²) in [5.41, 5.74) is 0. The van der Waals surface area contributed by atoms with E-state index in [4.69, 9.17) is 0 Å². The quantitative estimate of drug-likeness (QED) is 0.459. The monoisotopic (exact) mass is 354 g/mol. The molecule has 0 aromatic rings. The van der Waals surface area contributed by atoms with Gasteiger partial charge in [0.1, 0.15) is 0 Å². The van der Waals surface area contributed by atoms with Crippen LogP contribution in [0.15, 0.2) is 4.99 Å². The van der Waals surface area contributed by atoms with Crippen molar-refractivity contribution in [1.29, 1.82) is 0 Å². The summed E-state index contributed by atoms with van der Waals surface area (Å²) in [7, 11) is 3.69. The number of piperidine rings is 1. The number of hydrogen-bond donors (Lipinski definition) is 2. The van der Waals surface area contributed by atoms with Crippen molar-refractivity contribution in [3.63, 3.8) is 0 Å². The van der Waals surface area contributed by atoms with E-state index >= 15 is 0 Å². The zero-order valence-corrected chi connectivity index (χ0v) is 13.8. The molecule has 102 valence electrons. The normalized spacial score (nSPS) is 20.6. The topological polar surface area (TPSA) is 39.7 Å². The third-order valence-corrected chi connectivity index (χ3v) is 3.47. The SMILES string of the molecule is CN=C(NC)NCC(C)N1CCC(C)CC1.I. The van der Waals surface area contributed by atoms with Crippen LogP contribution in [0, 0.1) is 5.92 Å². The maximum atomic E-state index is 4.11. The van der Waals surface area contributed by atoms with E-state index in [0.717, 1.165) is 18.4 Å². The molecule has 0 bridgehead atoms. The first-order valence-electron chi connectivity index (χ1n) is 6.29. The van der Waals surface area contributed by atoms with Crippen LogP contribution in [0.25, 0.3) is 0 Å². The summed E-state index contributed by atoms with van der Waals surface area (Å²) in [6.07, 6.45) is 2.68. The molecule has 1 unspecified atom stereocenters. The van der Waals surface area contributed by atoms with E-state index in [1.807, 2.05) is 7.05 Å². The summed E-state index contributed by atoms with van der Waals surface area (Å²) < 4.78 is 0. The van der Waals surface area contributed by atoms with E-state index in [9.17, 15) is 0 Å². The Morgan fingerprint density at radius 2 is 2.00 bits per heavy atom. The zero-order chi connectivity index (χ0) is 12.0. The molecule has 5 heteroatoms. The van der Waals surface area contributed by atoms with Gasteiger partial charge in [0, 0.05) is 26.7 Å². The Morgan fingerprint density at radius 3 is 2.47 bits per heavy atom. The van der Waals surface area contributed by atoms with Crippen LogP contribution in [0.3, 0.4) is 0 Å². The lowest BCUT2D eigenvalue weighted by Crippen LogP contribution is -2.47. The molecule has 0 aromatic carbocycles. The summed E-state index contributed by atoms with van der Waals surface area (Å²) in [4.78, 5) is 6.68. The highest BCUT2D eigenvalue weighted by molar-refractivity contribution is 14.0. The highest BCUT2D eigenvalue weighted by Crippen LogP contribution is 2.17. The lowest BCUT2D eigenvalue weighted by molar-refractivity contribution is 0.147. The van der Waals surface area contributed by atoms with Gasteiger partial charge < -0.3 is 10.6 Å². The Morgan fingerprint density at radius 1 is 1.41 bits per heavy atom. The largest absolute Gasteiger partial charge is 0.359 e. The molecule has 0 spiro atoms. The van der Waals surface area contributed by atoms with Crippen LogP contribution in [-0.2, 0) is 0 Å². The lowest BCUT2D eigenvalue weighted by atomic mass is 9.98. The maximum absolute atomic E-state index is 4.11. The van der Waals surface area contributed by atoms with Crippen molar-refractivity contribution < 1.29 is 0 Å². The molecule has 4 nitrogen and oxygen atoms in total. The van der Waals surface area contributed by atoms with Crippen LogP contribution < -0.4 is 10.6 Å². The van der Waals surface area contributed by atoms with Crippen molar-refractivity contribution in [1.82, 2.24) is 15.5 Å². The van der Waals surface area contributed by atoms with Gasteiger partial charge in [-0.25, -0.2) is 0 Å². The fourth-order valence-electron chi connectivity index (χ4n) is 2.12. The molecule has 1 aliphatic rings. The van der Waals surface area contributed by atoms with Crippen LogP contribution >= 0.6 is 24.0 Å². The number of nitrogens with one attached hydrogen (secondary N) is 2. The summed E-state index contributed by atoms with van der Waals surface area (Å²) in [5.74, 6) is 1.78. The molecular weight excluding hydrogens is 327 g/mol. The van der Waals surface area contributed by atoms with Crippen LogP contribution in [0.4, 0.5) is 0 Å². The van der Waals surface area contributed by atoms with E-state index in [1.54, 1.807) is 7.05 Å². The second kappa shape index (κ2) is 8.97. The van der Waals surface area contributed by atoms with Crippen LogP contribution in [0.2, 0.25) is 0 Å². The number of hydrogen-bond acceptors (Lipinski definition) is 2. The molecule has 2 N–H and O–H groups in total. The lowest BCUT2D eigenvalue weighted by Gasteiger charge is -2.35. The third kappa shape index (κ3) is 5.90. The summed E-state index contributed by atoms with van der Waals surface area (Å²) in [6, 6.07) is 0.581. The van der Waals surface area contributed by atoms with E-state index in [-0.39, 0.29) is 24.0 Å². The zero-order valence-electron chi connectivity index (χ0n) is 11.5. The fraction of sp³-hybridized carbons (Fsp3) is 0.917. The molecule has 1 aliphatic heterocycles. The molecule has 0 saturated carbocycles. The molecule has 1 rings (SSSR count). The van der Waals surface area contributed by atoms with Gasteiger partial charge in [-0.2, -0.15) is 0 Å². The molecule has 0 aromatic heterocycles. The predicted molar refractivity (Wildman–Crippen MR) is 85.3 cm³/mol. The standard InChI is InChI=1S/C12H26N4.HI/c1-10-5-7-16(8-6-10)11(2)9-15-12(13-3)14-4;/h10-11H,5-9H2,1-4H3,(H2,13,14,15);1H. The first-order valence-corrected chi connectivity index (χ1v) is 6.29. The van der Waals surface area contributed by atoms with Gasteiger partial charge in [0.25, 0.3) is 0 Å². The van der Waals surface area contributed by atoms with E-state index < -0.39 is 0 Å². The van der Waals surface area contributed by atoms with Crippen LogP contribution in [0.5, 0.6) is 0 Å². The highest BCUT2D eigenvalue weighted by Gasteiger charge is 2.19. The first kappa shape index (κ1) is 17.0. The summed E-state index contributed by atoms with van der Waals surface area (Å²) in [6.45, 7) is 8.07. The van der Waals surface area contributed by atoms with Crippen LogP contribution in [-0.4, -0.2) is 50.6 Å². The maximum Gasteiger partial charge on any atom is 0.190 e. The Hall–Kier alpha value is -0.0400. The van der Waals surface area contributed by atoms with Gasteiger partial charge in [-0.3, -0.25) is 9.89 Å². The molecular formula is C12H27IN4. The van der Waals surface area contributed by atoms with Crippen molar-refractivity contribution in [2.45, 2.75) is 32.7 Å². The number of likely N-dealkylation sites (tertiary alicyclic amines) is 1.